The predicted molar refractivity (Wildman–Crippen MR) is 83.6 cm³/mol. The van der Waals surface area contributed by atoms with Gasteiger partial charge in [-0.15, -0.1) is 0 Å². The molecular formula is C15H15BrClNO. The summed E-state index contributed by atoms with van der Waals surface area (Å²) in [7, 11) is 1.70. The maximum Gasteiger partial charge on any atom is 0.0733 e. The second-order valence-corrected chi connectivity index (χ2v) is 5.47. The molecule has 4 heteroatoms. The van der Waals surface area contributed by atoms with Gasteiger partial charge in [0.05, 0.1) is 6.61 Å². The number of nitrogens with one attached hydrogen (secondary N) is 1. The Morgan fingerprint density at radius 2 is 1.95 bits per heavy atom. The lowest BCUT2D eigenvalue weighted by molar-refractivity contribution is 0.185. The number of para-hydroxylation sites is 1. The lowest BCUT2D eigenvalue weighted by atomic mass is 10.1. The Hall–Kier alpha value is -1.03. The maximum atomic E-state index is 5.93. The fraction of sp³-hybridized carbons (Fsp3) is 0.200. The van der Waals surface area contributed by atoms with Crippen LogP contribution in [0.25, 0.3) is 0 Å². The van der Waals surface area contributed by atoms with Gasteiger partial charge in [-0.1, -0.05) is 51.8 Å². The highest BCUT2D eigenvalue weighted by Crippen LogP contribution is 2.23. The summed E-state index contributed by atoms with van der Waals surface area (Å²) < 4.78 is 6.20. The number of rotatable bonds is 5. The van der Waals surface area contributed by atoms with E-state index in [1.807, 2.05) is 30.3 Å². The van der Waals surface area contributed by atoms with Gasteiger partial charge in [-0.3, -0.25) is 0 Å². The first-order valence-corrected chi connectivity index (χ1v) is 7.12. The topological polar surface area (TPSA) is 21.3 Å². The molecule has 0 heterocycles. The Morgan fingerprint density at radius 3 is 2.68 bits per heavy atom. The molecular weight excluding hydrogens is 326 g/mol. The van der Waals surface area contributed by atoms with Crippen LogP contribution in [0.3, 0.4) is 0 Å². The van der Waals surface area contributed by atoms with Crippen LogP contribution in [0.4, 0.5) is 5.69 Å². The summed E-state index contributed by atoms with van der Waals surface area (Å²) in [6.45, 7) is 1.34. The molecule has 19 heavy (non-hydrogen) atoms. The molecule has 2 aromatic carbocycles. The monoisotopic (exact) mass is 339 g/mol. The van der Waals surface area contributed by atoms with Gasteiger partial charge in [0, 0.05) is 34.4 Å². The largest absolute Gasteiger partial charge is 0.381 e. The van der Waals surface area contributed by atoms with Crippen LogP contribution in [0.5, 0.6) is 0 Å². The Bertz CT molecular complexity index is 560. The molecule has 0 aliphatic carbocycles. The van der Waals surface area contributed by atoms with Crippen molar-refractivity contribution in [2.75, 3.05) is 12.4 Å². The van der Waals surface area contributed by atoms with Gasteiger partial charge in [0.15, 0.2) is 0 Å². The summed E-state index contributed by atoms with van der Waals surface area (Å²) in [5, 5.41) is 4.15. The number of halogens is 2. The highest BCUT2D eigenvalue weighted by Gasteiger charge is 2.03. The maximum absolute atomic E-state index is 5.93. The van der Waals surface area contributed by atoms with E-state index in [0.717, 1.165) is 32.9 Å². The van der Waals surface area contributed by atoms with E-state index in [1.165, 1.54) is 0 Å². The molecule has 0 saturated carbocycles. The second-order valence-electron chi connectivity index (χ2n) is 4.18. The van der Waals surface area contributed by atoms with E-state index in [9.17, 15) is 0 Å². The summed E-state index contributed by atoms with van der Waals surface area (Å²) in [5.74, 6) is 0. The first-order valence-electron chi connectivity index (χ1n) is 5.95. The van der Waals surface area contributed by atoms with Crippen LogP contribution in [-0.2, 0) is 17.9 Å². The predicted octanol–water partition coefficient (Wildman–Crippen LogP) is 4.86. The van der Waals surface area contributed by atoms with E-state index < -0.39 is 0 Å². The van der Waals surface area contributed by atoms with Crippen LogP contribution < -0.4 is 5.32 Å². The lowest BCUT2D eigenvalue weighted by Gasteiger charge is -2.12. The lowest BCUT2D eigenvalue weighted by Crippen LogP contribution is -2.03. The number of anilines is 1. The van der Waals surface area contributed by atoms with Gasteiger partial charge in [-0.2, -0.15) is 0 Å². The van der Waals surface area contributed by atoms with E-state index in [1.54, 1.807) is 7.11 Å². The SMILES string of the molecule is COCc1ccccc1NCc1ccc(Cl)cc1Br. The van der Waals surface area contributed by atoms with Crippen LogP contribution >= 0.6 is 27.5 Å². The molecule has 0 aliphatic heterocycles. The van der Waals surface area contributed by atoms with Crippen molar-refractivity contribution >= 4 is 33.2 Å². The van der Waals surface area contributed by atoms with E-state index >= 15 is 0 Å². The van der Waals surface area contributed by atoms with Crippen LogP contribution in [0.1, 0.15) is 11.1 Å². The molecule has 0 radical (unpaired) electrons. The Labute approximate surface area is 126 Å². The third-order valence-corrected chi connectivity index (χ3v) is 3.77. The fourth-order valence-corrected chi connectivity index (χ4v) is 2.65. The van der Waals surface area contributed by atoms with Gasteiger partial charge in [-0.05, 0) is 23.8 Å². The molecule has 0 aromatic heterocycles. The zero-order chi connectivity index (χ0) is 13.7. The van der Waals surface area contributed by atoms with Crippen molar-refractivity contribution in [3.05, 3.63) is 63.1 Å². The van der Waals surface area contributed by atoms with E-state index in [4.69, 9.17) is 16.3 Å². The van der Waals surface area contributed by atoms with Crippen molar-refractivity contribution in [3.8, 4) is 0 Å². The van der Waals surface area contributed by atoms with Gasteiger partial charge in [0.25, 0.3) is 0 Å². The molecule has 0 amide bonds. The third kappa shape index (κ3) is 3.96. The van der Waals surface area contributed by atoms with Crippen LogP contribution in [0, 0.1) is 0 Å². The number of hydrogen-bond donors (Lipinski definition) is 1. The molecule has 1 N–H and O–H groups in total. The number of methoxy groups -OCH3 is 1. The second kappa shape index (κ2) is 6.94. The first kappa shape index (κ1) is 14.4. The van der Waals surface area contributed by atoms with Crippen molar-refractivity contribution < 1.29 is 4.74 Å². The molecule has 100 valence electrons. The van der Waals surface area contributed by atoms with Crippen molar-refractivity contribution in [3.63, 3.8) is 0 Å². The van der Waals surface area contributed by atoms with E-state index in [-0.39, 0.29) is 0 Å². The van der Waals surface area contributed by atoms with Gasteiger partial charge in [0.2, 0.25) is 0 Å². The number of benzene rings is 2. The van der Waals surface area contributed by atoms with E-state index in [2.05, 4.69) is 33.4 Å². The van der Waals surface area contributed by atoms with Crippen molar-refractivity contribution in [1.82, 2.24) is 0 Å². The van der Waals surface area contributed by atoms with Crippen LogP contribution in [0.15, 0.2) is 46.9 Å². The van der Waals surface area contributed by atoms with Gasteiger partial charge in [-0.25, -0.2) is 0 Å². The Morgan fingerprint density at radius 1 is 1.16 bits per heavy atom. The molecule has 0 atom stereocenters. The minimum atomic E-state index is 0.602. The Balaban J connectivity index is 2.10. The highest BCUT2D eigenvalue weighted by atomic mass is 79.9. The summed E-state index contributed by atoms with van der Waals surface area (Å²) in [6, 6.07) is 13.9. The molecule has 0 unspecified atom stereocenters. The highest BCUT2D eigenvalue weighted by molar-refractivity contribution is 9.10. The summed E-state index contributed by atoms with van der Waals surface area (Å²) in [4.78, 5) is 0. The average Bonchev–Trinajstić information content (AvgIpc) is 2.40. The fourth-order valence-electron chi connectivity index (χ4n) is 1.83. The van der Waals surface area contributed by atoms with E-state index in [0.29, 0.717) is 6.61 Å². The number of hydrogen-bond acceptors (Lipinski definition) is 2. The van der Waals surface area contributed by atoms with Gasteiger partial charge in [0.1, 0.15) is 0 Å². The zero-order valence-corrected chi connectivity index (χ0v) is 13.0. The molecule has 0 fully saturated rings. The summed E-state index contributed by atoms with van der Waals surface area (Å²) >= 11 is 9.45. The van der Waals surface area contributed by atoms with Crippen LogP contribution in [-0.4, -0.2) is 7.11 Å². The molecule has 0 bridgehead atoms. The zero-order valence-electron chi connectivity index (χ0n) is 10.6. The average molecular weight is 341 g/mol. The Kier molecular flexibility index (Phi) is 5.25. The van der Waals surface area contributed by atoms with Gasteiger partial charge >= 0.3 is 0 Å². The van der Waals surface area contributed by atoms with Crippen molar-refractivity contribution in [2.45, 2.75) is 13.2 Å². The minimum Gasteiger partial charge on any atom is -0.381 e. The summed E-state index contributed by atoms with van der Waals surface area (Å²) in [5.41, 5.74) is 3.40. The normalized spacial score (nSPS) is 10.5. The molecule has 2 aromatic rings. The number of ether oxygens (including phenoxy) is 1. The summed E-state index contributed by atoms with van der Waals surface area (Å²) in [6.07, 6.45) is 0. The third-order valence-electron chi connectivity index (χ3n) is 2.80. The van der Waals surface area contributed by atoms with Gasteiger partial charge < -0.3 is 10.1 Å². The first-order chi connectivity index (χ1) is 9.20. The molecule has 2 rings (SSSR count). The van der Waals surface area contributed by atoms with Crippen molar-refractivity contribution in [1.29, 1.82) is 0 Å². The van der Waals surface area contributed by atoms with Crippen LogP contribution in [0.2, 0.25) is 5.02 Å². The minimum absolute atomic E-state index is 0.602. The molecule has 2 nitrogen and oxygen atoms in total. The molecule has 0 aliphatic rings. The quantitative estimate of drug-likeness (QED) is 0.839. The molecule has 0 spiro atoms. The smallest absolute Gasteiger partial charge is 0.0733 e. The molecule has 0 saturated heterocycles. The van der Waals surface area contributed by atoms with Crippen molar-refractivity contribution in [2.24, 2.45) is 0 Å². The standard InChI is InChI=1S/C15H15BrClNO/c1-19-10-12-4-2-3-5-15(12)18-9-11-6-7-13(17)8-14(11)16/h2-8,18H,9-10H2,1H3.